The van der Waals surface area contributed by atoms with E-state index in [0.717, 1.165) is 29.5 Å². The molecular formula is C20H28N4O3S2. The summed E-state index contributed by atoms with van der Waals surface area (Å²) in [4.78, 5) is 43.7. The molecule has 0 bridgehead atoms. The van der Waals surface area contributed by atoms with Crippen LogP contribution < -0.4 is 16.2 Å². The fourth-order valence-electron chi connectivity index (χ4n) is 3.43. The summed E-state index contributed by atoms with van der Waals surface area (Å²) in [7, 11) is 0. The first-order valence-electron chi connectivity index (χ1n) is 10.1. The first kappa shape index (κ1) is 21.8. The Kier molecular flexibility index (Phi) is 7.00. The van der Waals surface area contributed by atoms with Gasteiger partial charge in [-0.05, 0) is 43.6 Å². The van der Waals surface area contributed by atoms with E-state index in [1.807, 2.05) is 20.8 Å². The molecule has 3 rings (SSSR count). The largest absolute Gasteiger partial charge is 0.338 e. The number of hydrogen-bond donors (Lipinski definition) is 2. The number of fused-ring (bicyclic) bond motifs is 3. The third-order valence-corrected chi connectivity index (χ3v) is 7.08. The molecule has 0 saturated carbocycles. The summed E-state index contributed by atoms with van der Waals surface area (Å²) >= 11 is 2.79. The van der Waals surface area contributed by atoms with Crippen LogP contribution in [0.3, 0.4) is 0 Å². The van der Waals surface area contributed by atoms with E-state index in [4.69, 9.17) is 4.98 Å². The lowest BCUT2D eigenvalue weighted by Gasteiger charge is -2.17. The number of imide groups is 1. The summed E-state index contributed by atoms with van der Waals surface area (Å²) in [6.45, 7) is 9.09. The Bertz CT molecular complexity index is 980. The molecule has 2 N–H and O–H groups in total. The zero-order valence-electron chi connectivity index (χ0n) is 17.3. The zero-order chi connectivity index (χ0) is 21.1. The van der Waals surface area contributed by atoms with E-state index in [0.29, 0.717) is 30.1 Å². The molecule has 0 saturated heterocycles. The van der Waals surface area contributed by atoms with Crippen LogP contribution in [0.5, 0.6) is 0 Å². The highest BCUT2D eigenvalue weighted by molar-refractivity contribution is 7.99. The summed E-state index contributed by atoms with van der Waals surface area (Å²) in [5.74, 6) is 0.547. The van der Waals surface area contributed by atoms with Gasteiger partial charge in [-0.1, -0.05) is 32.5 Å². The lowest BCUT2D eigenvalue weighted by Crippen LogP contribution is -2.41. The van der Waals surface area contributed by atoms with Gasteiger partial charge in [-0.25, -0.2) is 9.78 Å². The van der Waals surface area contributed by atoms with Gasteiger partial charge in [-0.15, -0.1) is 11.3 Å². The number of aryl methyl sites for hydroxylation is 1. The van der Waals surface area contributed by atoms with Crippen LogP contribution in [0.25, 0.3) is 10.2 Å². The monoisotopic (exact) mass is 436 g/mol. The summed E-state index contributed by atoms with van der Waals surface area (Å²) in [5.41, 5.74) is 1.14. The lowest BCUT2D eigenvalue weighted by molar-refractivity contribution is -0.117. The number of nitrogens with one attached hydrogen (secondary N) is 2. The molecule has 2 aromatic rings. The Morgan fingerprint density at radius 3 is 2.83 bits per heavy atom. The number of hydrogen-bond acceptors (Lipinski definition) is 6. The maximum atomic E-state index is 13.1. The molecule has 2 aromatic heterocycles. The average Bonchev–Trinajstić information content (AvgIpc) is 3.02. The Labute approximate surface area is 178 Å². The number of thiophene rings is 1. The van der Waals surface area contributed by atoms with Crippen LogP contribution in [0.1, 0.15) is 44.6 Å². The van der Waals surface area contributed by atoms with Crippen LogP contribution in [-0.4, -0.2) is 33.8 Å². The SMILES string of the molecule is CCn1c(SCC(=O)NC(=O)NCC(C)C)nc2sc3c(c2c1=O)CCC(C)C3. The van der Waals surface area contributed by atoms with Gasteiger partial charge in [0.1, 0.15) is 4.83 Å². The lowest BCUT2D eigenvalue weighted by atomic mass is 9.89. The minimum atomic E-state index is -0.499. The second kappa shape index (κ2) is 9.30. The van der Waals surface area contributed by atoms with E-state index >= 15 is 0 Å². The van der Waals surface area contributed by atoms with Crippen LogP contribution >= 0.6 is 23.1 Å². The Hall–Kier alpha value is -1.87. The van der Waals surface area contributed by atoms with Gasteiger partial charge in [0.15, 0.2) is 5.16 Å². The van der Waals surface area contributed by atoms with Crippen molar-refractivity contribution in [3.05, 3.63) is 20.8 Å². The number of urea groups is 1. The molecule has 1 aliphatic rings. The third kappa shape index (κ3) is 5.01. The molecule has 7 nitrogen and oxygen atoms in total. The molecule has 0 fully saturated rings. The standard InChI is InChI=1S/C20H28N4O3S2/c1-5-24-18(26)16-13-7-6-12(4)8-14(13)29-17(16)23-20(24)28-10-15(25)22-19(27)21-9-11(2)3/h11-12H,5-10H2,1-4H3,(H2,21,22,25,27). The molecule has 2 heterocycles. The number of nitrogens with zero attached hydrogens (tertiary/aromatic N) is 2. The van der Waals surface area contributed by atoms with E-state index in [1.54, 1.807) is 15.9 Å². The minimum absolute atomic E-state index is 0.0230. The van der Waals surface area contributed by atoms with Gasteiger partial charge in [0.05, 0.1) is 11.1 Å². The highest BCUT2D eigenvalue weighted by Crippen LogP contribution is 2.36. The second-order valence-electron chi connectivity index (χ2n) is 7.92. The molecule has 1 atom stereocenters. The molecule has 9 heteroatoms. The molecule has 1 unspecified atom stereocenters. The number of thioether (sulfide) groups is 1. The zero-order valence-corrected chi connectivity index (χ0v) is 19.0. The van der Waals surface area contributed by atoms with Crippen LogP contribution in [0.15, 0.2) is 9.95 Å². The molecule has 3 amide bonds. The van der Waals surface area contributed by atoms with E-state index in [1.165, 1.54) is 22.2 Å². The highest BCUT2D eigenvalue weighted by Gasteiger charge is 2.24. The van der Waals surface area contributed by atoms with Gasteiger partial charge < -0.3 is 5.32 Å². The van der Waals surface area contributed by atoms with E-state index in [9.17, 15) is 14.4 Å². The molecule has 0 aliphatic heterocycles. The van der Waals surface area contributed by atoms with Crippen molar-refractivity contribution in [1.29, 1.82) is 0 Å². The van der Waals surface area contributed by atoms with Crippen molar-refractivity contribution in [3.63, 3.8) is 0 Å². The van der Waals surface area contributed by atoms with Gasteiger partial charge in [-0.3, -0.25) is 19.5 Å². The Morgan fingerprint density at radius 2 is 2.14 bits per heavy atom. The summed E-state index contributed by atoms with van der Waals surface area (Å²) in [5, 5.41) is 6.24. The van der Waals surface area contributed by atoms with Crippen LogP contribution in [-0.2, 0) is 24.2 Å². The summed E-state index contributed by atoms with van der Waals surface area (Å²) < 4.78 is 1.63. The van der Waals surface area contributed by atoms with E-state index in [2.05, 4.69) is 17.6 Å². The van der Waals surface area contributed by atoms with Crippen molar-refractivity contribution in [1.82, 2.24) is 20.2 Å². The molecule has 0 radical (unpaired) electrons. The average molecular weight is 437 g/mol. The fraction of sp³-hybridized carbons (Fsp3) is 0.600. The Morgan fingerprint density at radius 1 is 1.38 bits per heavy atom. The number of carbonyl (C=O) groups is 2. The summed E-state index contributed by atoms with van der Waals surface area (Å²) in [6.07, 6.45) is 3.02. The fourth-order valence-corrected chi connectivity index (χ4v) is 5.71. The predicted molar refractivity (Wildman–Crippen MR) is 118 cm³/mol. The molecular weight excluding hydrogens is 408 g/mol. The maximum absolute atomic E-state index is 13.1. The van der Waals surface area contributed by atoms with Crippen molar-refractivity contribution in [2.75, 3.05) is 12.3 Å². The predicted octanol–water partition coefficient (Wildman–Crippen LogP) is 3.18. The quantitative estimate of drug-likeness (QED) is 0.536. The molecule has 0 spiro atoms. The van der Waals surface area contributed by atoms with Crippen molar-refractivity contribution < 1.29 is 9.59 Å². The number of rotatable bonds is 6. The van der Waals surface area contributed by atoms with Crippen molar-refractivity contribution >= 4 is 45.3 Å². The molecule has 29 heavy (non-hydrogen) atoms. The van der Waals surface area contributed by atoms with Crippen LogP contribution in [0, 0.1) is 11.8 Å². The van der Waals surface area contributed by atoms with Gasteiger partial charge in [0.2, 0.25) is 5.91 Å². The first-order valence-corrected chi connectivity index (χ1v) is 11.9. The second-order valence-corrected chi connectivity index (χ2v) is 9.94. The number of aromatic nitrogens is 2. The number of amides is 3. The van der Waals surface area contributed by atoms with E-state index < -0.39 is 11.9 Å². The Balaban J connectivity index is 1.77. The normalized spacial score (nSPS) is 16.1. The van der Waals surface area contributed by atoms with Crippen molar-refractivity contribution in [2.45, 2.75) is 58.7 Å². The minimum Gasteiger partial charge on any atom is -0.338 e. The smallest absolute Gasteiger partial charge is 0.321 e. The van der Waals surface area contributed by atoms with Gasteiger partial charge in [-0.2, -0.15) is 0 Å². The van der Waals surface area contributed by atoms with Gasteiger partial charge in [0, 0.05) is 18.0 Å². The maximum Gasteiger partial charge on any atom is 0.321 e. The van der Waals surface area contributed by atoms with Gasteiger partial charge >= 0.3 is 6.03 Å². The number of carbonyl (C=O) groups excluding carboxylic acids is 2. The van der Waals surface area contributed by atoms with Crippen molar-refractivity contribution in [2.24, 2.45) is 11.8 Å². The van der Waals surface area contributed by atoms with E-state index in [-0.39, 0.29) is 11.3 Å². The van der Waals surface area contributed by atoms with Crippen molar-refractivity contribution in [3.8, 4) is 0 Å². The van der Waals surface area contributed by atoms with Gasteiger partial charge in [0.25, 0.3) is 5.56 Å². The molecule has 158 valence electrons. The topological polar surface area (TPSA) is 93.1 Å². The molecule has 0 aromatic carbocycles. The van der Waals surface area contributed by atoms with Crippen LogP contribution in [0.4, 0.5) is 4.79 Å². The highest BCUT2D eigenvalue weighted by atomic mass is 32.2. The summed E-state index contributed by atoms with van der Waals surface area (Å²) in [6, 6.07) is -0.499. The third-order valence-electron chi connectivity index (χ3n) is 4.95. The molecule has 1 aliphatic carbocycles. The van der Waals surface area contributed by atoms with Crippen LogP contribution in [0.2, 0.25) is 0 Å². The first-order chi connectivity index (χ1) is 13.8.